The van der Waals surface area contributed by atoms with Gasteiger partial charge in [0.2, 0.25) is 5.91 Å². The van der Waals surface area contributed by atoms with Gasteiger partial charge in [0.25, 0.3) is 0 Å². The lowest BCUT2D eigenvalue weighted by Gasteiger charge is -2.36. The summed E-state index contributed by atoms with van der Waals surface area (Å²) in [6, 6.07) is 8.40. The molecule has 122 valence electrons. The van der Waals surface area contributed by atoms with E-state index in [2.05, 4.69) is 10.1 Å². The van der Waals surface area contributed by atoms with E-state index >= 15 is 0 Å². The lowest BCUT2D eigenvalue weighted by molar-refractivity contribution is -0.132. The predicted octanol–water partition coefficient (Wildman–Crippen LogP) is 2.46. The highest BCUT2D eigenvalue weighted by Crippen LogP contribution is 2.23. The van der Waals surface area contributed by atoms with Gasteiger partial charge in [-0.2, -0.15) is 0 Å². The van der Waals surface area contributed by atoms with E-state index in [1.165, 1.54) is 25.9 Å². The Labute approximate surface area is 136 Å². The molecule has 0 atom stereocenters. The largest absolute Gasteiger partial charge is 0.356 e. The summed E-state index contributed by atoms with van der Waals surface area (Å²) < 4.78 is 5.29. The number of nitrogens with zero attached hydrogens (tertiary/aromatic N) is 3. The van der Waals surface area contributed by atoms with Crippen molar-refractivity contribution < 1.29 is 9.32 Å². The van der Waals surface area contributed by atoms with Crippen molar-refractivity contribution in [1.29, 1.82) is 0 Å². The van der Waals surface area contributed by atoms with E-state index < -0.39 is 0 Å². The van der Waals surface area contributed by atoms with Crippen LogP contribution < -0.4 is 0 Å². The maximum atomic E-state index is 12.6. The summed E-state index contributed by atoms with van der Waals surface area (Å²) in [5, 5.41) is 5.03. The minimum atomic E-state index is 0.170. The molecule has 0 radical (unpaired) electrons. The van der Waals surface area contributed by atoms with E-state index in [1.807, 2.05) is 29.2 Å². The van der Waals surface area contributed by atoms with E-state index in [-0.39, 0.29) is 5.91 Å². The van der Waals surface area contributed by atoms with Gasteiger partial charge in [0.1, 0.15) is 5.69 Å². The van der Waals surface area contributed by atoms with Gasteiger partial charge in [-0.25, -0.2) is 0 Å². The molecule has 5 nitrogen and oxygen atoms in total. The zero-order chi connectivity index (χ0) is 15.6. The fourth-order valence-corrected chi connectivity index (χ4v) is 3.91. The second-order valence-electron chi connectivity index (χ2n) is 6.66. The number of piperidine rings is 1. The van der Waals surface area contributed by atoms with Crippen molar-refractivity contribution in [2.45, 2.75) is 38.1 Å². The SMILES string of the molecule is O=C(Cc1noc2ccccc12)N1CCC(N2CCCC2)CC1. The highest BCUT2D eigenvalue weighted by Gasteiger charge is 2.28. The Bertz CT molecular complexity index is 682. The van der Waals surface area contributed by atoms with Gasteiger partial charge in [0.05, 0.1) is 6.42 Å². The van der Waals surface area contributed by atoms with Crippen LogP contribution in [0.1, 0.15) is 31.4 Å². The summed E-state index contributed by atoms with van der Waals surface area (Å²) in [6.45, 7) is 4.22. The first-order chi connectivity index (χ1) is 11.3. The monoisotopic (exact) mass is 313 g/mol. The molecule has 0 spiro atoms. The quantitative estimate of drug-likeness (QED) is 0.873. The highest BCUT2D eigenvalue weighted by atomic mass is 16.5. The molecule has 0 bridgehead atoms. The van der Waals surface area contributed by atoms with Crippen LogP contribution in [0.5, 0.6) is 0 Å². The van der Waals surface area contributed by atoms with Gasteiger partial charge in [-0.15, -0.1) is 0 Å². The maximum Gasteiger partial charge on any atom is 0.228 e. The van der Waals surface area contributed by atoms with Gasteiger partial charge in [-0.05, 0) is 50.9 Å². The fraction of sp³-hybridized carbons (Fsp3) is 0.556. The van der Waals surface area contributed by atoms with Gasteiger partial charge >= 0.3 is 0 Å². The van der Waals surface area contributed by atoms with Gasteiger partial charge in [0.15, 0.2) is 5.58 Å². The minimum absolute atomic E-state index is 0.170. The third kappa shape index (κ3) is 2.98. The number of rotatable bonds is 3. The average molecular weight is 313 g/mol. The Hall–Kier alpha value is -1.88. The third-order valence-corrected chi connectivity index (χ3v) is 5.25. The Balaban J connectivity index is 1.36. The molecule has 4 rings (SSSR count). The van der Waals surface area contributed by atoms with Crippen LogP contribution in [0.2, 0.25) is 0 Å². The number of hydrogen-bond donors (Lipinski definition) is 0. The smallest absolute Gasteiger partial charge is 0.228 e. The molecule has 1 aromatic heterocycles. The van der Waals surface area contributed by atoms with Crippen LogP contribution in [0.4, 0.5) is 0 Å². The molecule has 0 unspecified atom stereocenters. The fourth-order valence-electron chi connectivity index (χ4n) is 3.91. The van der Waals surface area contributed by atoms with Crippen molar-refractivity contribution in [2.75, 3.05) is 26.2 Å². The first-order valence-corrected chi connectivity index (χ1v) is 8.66. The van der Waals surface area contributed by atoms with Gasteiger partial charge < -0.3 is 14.3 Å². The standard InChI is InChI=1S/C18H23N3O2/c22-18(13-16-15-5-1-2-6-17(15)23-19-16)21-11-7-14(8-12-21)20-9-3-4-10-20/h1-2,5-6,14H,3-4,7-13H2. The topological polar surface area (TPSA) is 49.6 Å². The molecule has 2 saturated heterocycles. The first-order valence-electron chi connectivity index (χ1n) is 8.66. The molecule has 1 amide bonds. The summed E-state index contributed by atoms with van der Waals surface area (Å²) in [7, 11) is 0. The molecule has 5 heteroatoms. The summed E-state index contributed by atoms with van der Waals surface area (Å²) in [5.74, 6) is 0.170. The highest BCUT2D eigenvalue weighted by molar-refractivity contribution is 5.86. The molecule has 2 aliphatic heterocycles. The van der Waals surface area contributed by atoms with Crippen LogP contribution in [-0.4, -0.2) is 53.1 Å². The van der Waals surface area contributed by atoms with Gasteiger partial charge in [0, 0.05) is 24.5 Å². The summed E-state index contributed by atoms with van der Waals surface area (Å²) in [5.41, 5.74) is 1.51. The normalized spacial score (nSPS) is 20.4. The molecule has 0 aliphatic carbocycles. The number of carbonyl (C=O) groups excluding carboxylic acids is 1. The number of amides is 1. The second kappa shape index (κ2) is 6.32. The molecule has 2 aromatic rings. The van der Waals surface area contributed by atoms with Crippen molar-refractivity contribution in [3.8, 4) is 0 Å². The Kier molecular flexibility index (Phi) is 4.04. The van der Waals surface area contributed by atoms with Crippen molar-refractivity contribution >= 4 is 16.9 Å². The number of likely N-dealkylation sites (tertiary alicyclic amines) is 2. The molecule has 1 aromatic carbocycles. The molecular formula is C18H23N3O2. The van der Waals surface area contributed by atoms with Crippen LogP contribution >= 0.6 is 0 Å². The van der Waals surface area contributed by atoms with Crippen LogP contribution in [0, 0.1) is 0 Å². The van der Waals surface area contributed by atoms with Crippen LogP contribution in [-0.2, 0) is 11.2 Å². The third-order valence-electron chi connectivity index (χ3n) is 5.25. The van der Waals surface area contributed by atoms with E-state index in [4.69, 9.17) is 4.52 Å². The Morgan fingerprint density at radius 3 is 2.65 bits per heavy atom. The van der Waals surface area contributed by atoms with E-state index in [1.54, 1.807) is 0 Å². The van der Waals surface area contributed by atoms with Crippen molar-refractivity contribution in [3.05, 3.63) is 30.0 Å². The van der Waals surface area contributed by atoms with Crippen molar-refractivity contribution in [3.63, 3.8) is 0 Å². The lowest BCUT2D eigenvalue weighted by atomic mass is 10.0. The van der Waals surface area contributed by atoms with Crippen LogP contribution in [0.25, 0.3) is 11.0 Å². The summed E-state index contributed by atoms with van der Waals surface area (Å²) in [4.78, 5) is 17.2. The molecule has 2 aliphatic rings. The van der Waals surface area contributed by atoms with E-state index in [9.17, 15) is 4.79 Å². The zero-order valence-corrected chi connectivity index (χ0v) is 13.4. The summed E-state index contributed by atoms with van der Waals surface area (Å²) >= 11 is 0. The molecule has 0 saturated carbocycles. The predicted molar refractivity (Wildman–Crippen MR) is 88.1 cm³/mol. The molecule has 2 fully saturated rings. The van der Waals surface area contributed by atoms with Crippen molar-refractivity contribution in [1.82, 2.24) is 15.0 Å². The lowest BCUT2D eigenvalue weighted by Crippen LogP contribution is -2.46. The number of hydrogen-bond acceptors (Lipinski definition) is 4. The minimum Gasteiger partial charge on any atom is -0.356 e. The van der Waals surface area contributed by atoms with Gasteiger partial charge in [-0.1, -0.05) is 17.3 Å². The number of aromatic nitrogens is 1. The number of carbonyl (C=O) groups is 1. The number of para-hydroxylation sites is 1. The second-order valence-corrected chi connectivity index (χ2v) is 6.66. The molecular weight excluding hydrogens is 290 g/mol. The van der Waals surface area contributed by atoms with Crippen LogP contribution in [0.3, 0.4) is 0 Å². The van der Waals surface area contributed by atoms with E-state index in [0.717, 1.165) is 42.6 Å². The first kappa shape index (κ1) is 14.7. The molecule has 23 heavy (non-hydrogen) atoms. The van der Waals surface area contributed by atoms with E-state index in [0.29, 0.717) is 12.5 Å². The number of fused-ring (bicyclic) bond motifs is 1. The molecule has 3 heterocycles. The summed E-state index contributed by atoms with van der Waals surface area (Å²) in [6.07, 6.45) is 5.21. The maximum absolute atomic E-state index is 12.6. The number of benzene rings is 1. The zero-order valence-electron chi connectivity index (χ0n) is 13.4. The van der Waals surface area contributed by atoms with Crippen molar-refractivity contribution in [2.24, 2.45) is 0 Å². The Morgan fingerprint density at radius 1 is 1.13 bits per heavy atom. The van der Waals surface area contributed by atoms with Crippen LogP contribution in [0.15, 0.2) is 28.8 Å². The molecule has 0 N–H and O–H groups in total. The average Bonchev–Trinajstić information content (AvgIpc) is 3.25. The Morgan fingerprint density at radius 2 is 1.87 bits per heavy atom. The van der Waals surface area contributed by atoms with Gasteiger partial charge in [-0.3, -0.25) is 4.79 Å².